The molecule has 0 aliphatic rings. The third-order valence-electron chi connectivity index (χ3n) is 4.49. The third-order valence-corrected chi connectivity index (χ3v) is 4.49. The van der Waals surface area contributed by atoms with Gasteiger partial charge in [0, 0.05) is 25.4 Å². The van der Waals surface area contributed by atoms with Crippen molar-refractivity contribution in [3.63, 3.8) is 0 Å². The predicted octanol–water partition coefficient (Wildman–Crippen LogP) is 5.05. The topological polar surface area (TPSA) is 41.8 Å². The van der Waals surface area contributed by atoms with Crippen LogP contribution in [0.15, 0.2) is 64.6 Å². The molecule has 0 heterocycles. The molecule has 0 aliphatic heterocycles. The van der Waals surface area contributed by atoms with E-state index in [0.717, 1.165) is 17.5 Å². The third kappa shape index (κ3) is 6.07. The number of Topliss-reactive ketones (excluding diaryl/α,β-unsaturated/α-hetero) is 1. The van der Waals surface area contributed by atoms with Crippen LogP contribution in [0.3, 0.4) is 0 Å². The van der Waals surface area contributed by atoms with E-state index in [1.165, 1.54) is 5.56 Å². The lowest BCUT2D eigenvalue weighted by Crippen LogP contribution is -2.33. The molecule has 0 bridgehead atoms. The molecule has 1 atom stereocenters. The van der Waals surface area contributed by atoms with Gasteiger partial charge in [0.25, 0.3) is 0 Å². The Hall–Kier alpha value is -2.55. The van der Waals surface area contributed by atoms with Gasteiger partial charge in [-0.15, -0.1) is 0 Å². The van der Waals surface area contributed by atoms with Crippen molar-refractivity contribution < 1.29 is 4.79 Å². The summed E-state index contributed by atoms with van der Waals surface area (Å²) in [6.45, 7) is 6.60. The second kappa shape index (κ2) is 9.81. The highest BCUT2D eigenvalue weighted by Gasteiger charge is 2.29. The average molecular weight is 348 g/mol. The monoisotopic (exact) mass is 348 g/mol. The first-order valence-electron chi connectivity index (χ1n) is 9.23. The Morgan fingerprint density at radius 2 is 1.65 bits per heavy atom. The standard InChI is InChI=1S/C23H28N2O/c1-4-22(26)23(3,25-18-20-9-6-5-7-10-20)15-8-16-24-17-21-13-11-19(2)12-14-21/h5-7,9-14,17-18H,4,8,15-16H2,1-3H3. The fraction of sp³-hybridized carbons (Fsp3) is 0.348. The molecule has 0 N–H and O–H groups in total. The van der Waals surface area contributed by atoms with Gasteiger partial charge in [-0.2, -0.15) is 0 Å². The number of aryl methyl sites for hydroxylation is 1. The van der Waals surface area contributed by atoms with Crippen LogP contribution in [0.25, 0.3) is 0 Å². The zero-order chi connectivity index (χ0) is 18.8. The van der Waals surface area contributed by atoms with Crippen LogP contribution in [0.1, 0.15) is 49.8 Å². The first kappa shape index (κ1) is 19.8. The van der Waals surface area contributed by atoms with Crippen LogP contribution in [0.2, 0.25) is 0 Å². The summed E-state index contributed by atoms with van der Waals surface area (Å²) in [5.74, 6) is 0.173. The minimum atomic E-state index is -0.677. The SMILES string of the molecule is CCC(=O)C(C)(CCCN=Cc1ccc(C)cc1)N=Cc1ccccc1. The minimum Gasteiger partial charge on any atom is -0.297 e. The van der Waals surface area contributed by atoms with E-state index in [0.29, 0.717) is 19.4 Å². The van der Waals surface area contributed by atoms with E-state index < -0.39 is 5.54 Å². The van der Waals surface area contributed by atoms with Gasteiger partial charge in [-0.3, -0.25) is 14.8 Å². The van der Waals surface area contributed by atoms with Gasteiger partial charge in [0.2, 0.25) is 0 Å². The highest BCUT2D eigenvalue weighted by atomic mass is 16.1. The van der Waals surface area contributed by atoms with E-state index in [1.807, 2.05) is 56.6 Å². The molecule has 0 fully saturated rings. The second-order valence-corrected chi connectivity index (χ2v) is 6.77. The van der Waals surface area contributed by atoms with Crippen molar-refractivity contribution in [2.45, 2.75) is 45.6 Å². The summed E-state index contributed by atoms with van der Waals surface area (Å²) in [5, 5.41) is 0. The largest absolute Gasteiger partial charge is 0.297 e. The Morgan fingerprint density at radius 3 is 2.31 bits per heavy atom. The molecule has 0 saturated carbocycles. The van der Waals surface area contributed by atoms with Crippen LogP contribution in [-0.2, 0) is 4.79 Å². The average Bonchev–Trinajstić information content (AvgIpc) is 2.67. The normalized spacial score (nSPS) is 14.0. The number of benzene rings is 2. The van der Waals surface area contributed by atoms with E-state index in [-0.39, 0.29) is 5.78 Å². The van der Waals surface area contributed by atoms with Gasteiger partial charge in [-0.25, -0.2) is 0 Å². The summed E-state index contributed by atoms with van der Waals surface area (Å²) < 4.78 is 0. The summed E-state index contributed by atoms with van der Waals surface area (Å²) in [6.07, 6.45) is 5.73. The van der Waals surface area contributed by atoms with E-state index in [2.05, 4.69) is 41.2 Å². The van der Waals surface area contributed by atoms with Crippen LogP contribution in [0.4, 0.5) is 0 Å². The summed E-state index contributed by atoms with van der Waals surface area (Å²) in [5.41, 5.74) is 2.68. The Balaban J connectivity index is 1.93. The molecular weight excluding hydrogens is 320 g/mol. The fourth-order valence-electron chi connectivity index (χ4n) is 2.75. The minimum absolute atomic E-state index is 0.173. The molecule has 0 spiro atoms. The van der Waals surface area contributed by atoms with Crippen molar-refractivity contribution in [1.29, 1.82) is 0 Å². The molecule has 3 heteroatoms. The van der Waals surface area contributed by atoms with Crippen LogP contribution < -0.4 is 0 Å². The fourth-order valence-corrected chi connectivity index (χ4v) is 2.75. The highest BCUT2D eigenvalue weighted by molar-refractivity contribution is 5.91. The van der Waals surface area contributed by atoms with E-state index in [9.17, 15) is 4.79 Å². The Labute approximate surface area is 156 Å². The second-order valence-electron chi connectivity index (χ2n) is 6.77. The number of ketones is 1. The highest BCUT2D eigenvalue weighted by Crippen LogP contribution is 2.21. The molecule has 3 nitrogen and oxygen atoms in total. The molecule has 26 heavy (non-hydrogen) atoms. The molecule has 0 aliphatic carbocycles. The van der Waals surface area contributed by atoms with Crippen molar-refractivity contribution in [3.05, 3.63) is 71.3 Å². The Morgan fingerprint density at radius 1 is 1.00 bits per heavy atom. The zero-order valence-corrected chi connectivity index (χ0v) is 16.0. The lowest BCUT2D eigenvalue weighted by atomic mass is 9.90. The van der Waals surface area contributed by atoms with Gasteiger partial charge in [-0.1, -0.05) is 67.1 Å². The number of nitrogens with zero attached hydrogens (tertiary/aromatic N) is 2. The van der Waals surface area contributed by atoms with Crippen molar-refractivity contribution in [3.8, 4) is 0 Å². The van der Waals surface area contributed by atoms with Gasteiger partial charge in [0.05, 0.1) is 0 Å². The van der Waals surface area contributed by atoms with Gasteiger partial charge < -0.3 is 0 Å². The van der Waals surface area contributed by atoms with Crippen LogP contribution in [0, 0.1) is 6.92 Å². The van der Waals surface area contributed by atoms with Gasteiger partial charge in [-0.05, 0) is 37.8 Å². The van der Waals surface area contributed by atoms with Gasteiger partial charge >= 0.3 is 0 Å². The van der Waals surface area contributed by atoms with Crippen LogP contribution >= 0.6 is 0 Å². The molecule has 0 amide bonds. The molecule has 0 aromatic heterocycles. The lowest BCUT2D eigenvalue weighted by Gasteiger charge is -2.23. The number of aliphatic imine (C=N–C) groups is 2. The predicted molar refractivity (Wildman–Crippen MR) is 111 cm³/mol. The number of hydrogen-bond donors (Lipinski definition) is 0. The Kier molecular flexibility index (Phi) is 7.46. The van der Waals surface area contributed by atoms with Crippen LogP contribution in [-0.4, -0.2) is 30.3 Å². The maximum absolute atomic E-state index is 12.4. The first-order valence-corrected chi connectivity index (χ1v) is 9.23. The van der Waals surface area contributed by atoms with Gasteiger partial charge in [0.15, 0.2) is 5.78 Å². The summed E-state index contributed by atoms with van der Waals surface area (Å²) in [4.78, 5) is 21.5. The molecule has 136 valence electrons. The van der Waals surface area contributed by atoms with Gasteiger partial charge in [0.1, 0.15) is 5.54 Å². The van der Waals surface area contributed by atoms with E-state index >= 15 is 0 Å². The lowest BCUT2D eigenvalue weighted by molar-refractivity contribution is -0.123. The maximum Gasteiger partial charge on any atom is 0.159 e. The first-order chi connectivity index (χ1) is 12.5. The summed E-state index contributed by atoms with van der Waals surface area (Å²) >= 11 is 0. The molecule has 2 rings (SSSR count). The zero-order valence-electron chi connectivity index (χ0n) is 16.0. The summed E-state index contributed by atoms with van der Waals surface area (Å²) in [7, 11) is 0. The van der Waals surface area contributed by atoms with Crippen molar-refractivity contribution in [1.82, 2.24) is 0 Å². The van der Waals surface area contributed by atoms with E-state index in [1.54, 1.807) is 0 Å². The molecule has 0 saturated heterocycles. The van der Waals surface area contributed by atoms with Crippen molar-refractivity contribution >= 4 is 18.2 Å². The molecule has 2 aromatic carbocycles. The number of carbonyl (C=O) groups is 1. The quantitative estimate of drug-likeness (QED) is 0.462. The number of carbonyl (C=O) groups excluding carboxylic acids is 1. The van der Waals surface area contributed by atoms with Crippen molar-refractivity contribution in [2.24, 2.45) is 9.98 Å². The molecular formula is C23H28N2O. The maximum atomic E-state index is 12.4. The molecule has 2 aromatic rings. The van der Waals surface area contributed by atoms with E-state index in [4.69, 9.17) is 0 Å². The molecule has 1 unspecified atom stereocenters. The number of hydrogen-bond acceptors (Lipinski definition) is 3. The van der Waals surface area contributed by atoms with Crippen LogP contribution in [0.5, 0.6) is 0 Å². The van der Waals surface area contributed by atoms with Crippen molar-refractivity contribution in [2.75, 3.05) is 6.54 Å². The Bertz CT molecular complexity index is 748. The summed E-state index contributed by atoms with van der Waals surface area (Å²) in [6, 6.07) is 18.2. The smallest absolute Gasteiger partial charge is 0.159 e. The molecule has 0 radical (unpaired) electrons. The number of rotatable bonds is 9.